The molecule has 2 aromatic heterocycles. The third-order valence-corrected chi connectivity index (χ3v) is 4.16. The molecule has 0 aliphatic heterocycles. The van der Waals surface area contributed by atoms with Crippen LogP contribution in [0, 0.1) is 13.8 Å². The summed E-state index contributed by atoms with van der Waals surface area (Å²) >= 11 is 1.32. The molecule has 0 atom stereocenters. The maximum Gasteiger partial charge on any atom is 0.321 e. The summed E-state index contributed by atoms with van der Waals surface area (Å²) in [6, 6.07) is 9.34. The Hall–Kier alpha value is -2.74. The largest absolute Gasteiger partial charge is 0.361 e. The molecule has 0 radical (unpaired) electrons. The number of aromatic nitrogens is 3. The van der Waals surface area contributed by atoms with Crippen molar-refractivity contribution in [2.75, 3.05) is 5.32 Å². The van der Waals surface area contributed by atoms with Crippen LogP contribution in [-0.2, 0) is 6.54 Å². The SMILES string of the molecule is Cc1noc(C)c1CNC(=O)Nc1nnc(-c2ccccc2)s1. The molecule has 0 fully saturated rings. The molecule has 3 aromatic rings. The van der Waals surface area contributed by atoms with Gasteiger partial charge in [-0.1, -0.05) is 46.8 Å². The molecule has 1 aromatic carbocycles. The molecule has 7 nitrogen and oxygen atoms in total. The second-order valence-electron chi connectivity index (χ2n) is 4.89. The third-order valence-electron chi connectivity index (χ3n) is 3.27. The number of hydrogen-bond donors (Lipinski definition) is 2. The fourth-order valence-corrected chi connectivity index (χ4v) is 2.78. The topological polar surface area (TPSA) is 92.9 Å². The molecule has 0 bridgehead atoms. The predicted octanol–water partition coefficient (Wildman–Crippen LogP) is 3.13. The van der Waals surface area contributed by atoms with Gasteiger partial charge < -0.3 is 9.84 Å². The molecule has 0 aliphatic carbocycles. The molecule has 118 valence electrons. The zero-order chi connectivity index (χ0) is 16.2. The van der Waals surface area contributed by atoms with Crippen LogP contribution in [0.15, 0.2) is 34.9 Å². The second-order valence-corrected chi connectivity index (χ2v) is 5.87. The summed E-state index contributed by atoms with van der Waals surface area (Å²) in [7, 11) is 0. The van der Waals surface area contributed by atoms with Gasteiger partial charge in [0.05, 0.1) is 5.69 Å². The molecule has 8 heteroatoms. The highest BCUT2D eigenvalue weighted by atomic mass is 32.1. The van der Waals surface area contributed by atoms with Gasteiger partial charge in [-0.05, 0) is 13.8 Å². The van der Waals surface area contributed by atoms with E-state index < -0.39 is 0 Å². The van der Waals surface area contributed by atoms with E-state index in [-0.39, 0.29) is 6.03 Å². The van der Waals surface area contributed by atoms with Crippen molar-refractivity contribution in [3.8, 4) is 10.6 Å². The van der Waals surface area contributed by atoms with Gasteiger partial charge >= 0.3 is 6.03 Å². The lowest BCUT2D eigenvalue weighted by Gasteiger charge is -2.04. The highest BCUT2D eigenvalue weighted by Crippen LogP contribution is 2.25. The van der Waals surface area contributed by atoms with E-state index in [2.05, 4.69) is 26.0 Å². The number of nitrogens with zero attached hydrogens (tertiary/aromatic N) is 3. The lowest BCUT2D eigenvalue weighted by atomic mass is 10.2. The maximum absolute atomic E-state index is 11.9. The van der Waals surface area contributed by atoms with Crippen LogP contribution >= 0.6 is 11.3 Å². The highest BCUT2D eigenvalue weighted by molar-refractivity contribution is 7.18. The number of rotatable bonds is 4. The molecule has 23 heavy (non-hydrogen) atoms. The lowest BCUT2D eigenvalue weighted by molar-refractivity contribution is 0.251. The van der Waals surface area contributed by atoms with Crippen LogP contribution in [0.2, 0.25) is 0 Å². The molecule has 0 saturated heterocycles. The van der Waals surface area contributed by atoms with Crippen LogP contribution in [0.1, 0.15) is 17.0 Å². The average Bonchev–Trinajstić information content (AvgIpc) is 3.14. The predicted molar refractivity (Wildman–Crippen MR) is 87.2 cm³/mol. The number of carbonyl (C=O) groups excluding carboxylic acids is 1. The Morgan fingerprint density at radius 1 is 1.22 bits per heavy atom. The summed E-state index contributed by atoms with van der Waals surface area (Å²) < 4.78 is 5.06. The van der Waals surface area contributed by atoms with E-state index in [1.807, 2.05) is 44.2 Å². The van der Waals surface area contributed by atoms with Crippen molar-refractivity contribution in [3.63, 3.8) is 0 Å². The van der Waals surface area contributed by atoms with E-state index in [0.717, 1.165) is 21.8 Å². The molecule has 0 unspecified atom stereocenters. The van der Waals surface area contributed by atoms with Crippen molar-refractivity contribution in [2.45, 2.75) is 20.4 Å². The van der Waals surface area contributed by atoms with E-state index in [9.17, 15) is 4.79 Å². The number of carbonyl (C=O) groups is 1. The smallest absolute Gasteiger partial charge is 0.321 e. The Bertz CT molecular complexity index is 793. The summed E-state index contributed by atoms with van der Waals surface area (Å²) in [4.78, 5) is 11.9. The number of benzene rings is 1. The van der Waals surface area contributed by atoms with E-state index in [0.29, 0.717) is 17.4 Å². The number of urea groups is 1. The number of amides is 2. The average molecular weight is 329 g/mol. The van der Waals surface area contributed by atoms with Crippen molar-refractivity contribution in [1.82, 2.24) is 20.7 Å². The van der Waals surface area contributed by atoms with Gasteiger partial charge in [-0.3, -0.25) is 5.32 Å². The second kappa shape index (κ2) is 6.57. The molecule has 3 rings (SSSR count). The normalized spacial score (nSPS) is 10.5. The third kappa shape index (κ3) is 3.54. The number of anilines is 1. The van der Waals surface area contributed by atoms with Crippen LogP contribution in [0.25, 0.3) is 10.6 Å². The molecule has 0 saturated carbocycles. The van der Waals surface area contributed by atoms with Gasteiger partial charge in [0.2, 0.25) is 5.13 Å². The van der Waals surface area contributed by atoms with Crippen LogP contribution in [0.4, 0.5) is 9.93 Å². The first-order valence-corrected chi connectivity index (χ1v) is 7.80. The summed E-state index contributed by atoms with van der Waals surface area (Å²) in [6.07, 6.45) is 0. The van der Waals surface area contributed by atoms with Crippen molar-refractivity contribution in [1.29, 1.82) is 0 Å². The summed E-state index contributed by atoms with van der Waals surface area (Å²) in [6.45, 7) is 3.99. The molecule has 2 heterocycles. The molecular formula is C15H15N5O2S. The first-order chi connectivity index (χ1) is 11.1. The summed E-state index contributed by atoms with van der Waals surface area (Å²) in [5, 5.41) is 18.5. The molecule has 2 N–H and O–H groups in total. The van der Waals surface area contributed by atoms with Crippen molar-refractivity contribution < 1.29 is 9.32 Å². The minimum absolute atomic E-state index is 0.345. The van der Waals surface area contributed by atoms with Crippen LogP contribution < -0.4 is 10.6 Å². The Kier molecular flexibility index (Phi) is 4.33. The Morgan fingerprint density at radius 2 is 2.00 bits per heavy atom. The zero-order valence-corrected chi connectivity index (χ0v) is 13.5. The van der Waals surface area contributed by atoms with Gasteiger partial charge in [0.25, 0.3) is 0 Å². The molecular weight excluding hydrogens is 314 g/mol. The van der Waals surface area contributed by atoms with Gasteiger partial charge in [-0.15, -0.1) is 10.2 Å². The fourth-order valence-electron chi connectivity index (χ4n) is 2.04. The first-order valence-electron chi connectivity index (χ1n) is 6.99. The molecule has 2 amide bonds. The summed E-state index contributed by atoms with van der Waals surface area (Å²) in [5.41, 5.74) is 2.61. The zero-order valence-electron chi connectivity index (χ0n) is 12.7. The van der Waals surface area contributed by atoms with Gasteiger partial charge in [-0.2, -0.15) is 0 Å². The van der Waals surface area contributed by atoms with E-state index >= 15 is 0 Å². The lowest BCUT2D eigenvalue weighted by Crippen LogP contribution is -2.28. The van der Waals surface area contributed by atoms with Gasteiger partial charge in [0.15, 0.2) is 0 Å². The monoisotopic (exact) mass is 329 g/mol. The Morgan fingerprint density at radius 3 is 2.70 bits per heavy atom. The summed E-state index contributed by atoms with van der Waals surface area (Å²) in [5.74, 6) is 0.699. The Balaban J connectivity index is 1.59. The van der Waals surface area contributed by atoms with E-state index in [1.54, 1.807) is 0 Å². The van der Waals surface area contributed by atoms with Gasteiger partial charge in [-0.25, -0.2) is 4.79 Å². The minimum Gasteiger partial charge on any atom is -0.361 e. The Labute approximate surface area is 136 Å². The number of hydrogen-bond acceptors (Lipinski definition) is 6. The molecule has 0 spiro atoms. The van der Waals surface area contributed by atoms with Gasteiger partial charge in [0, 0.05) is 17.7 Å². The maximum atomic E-state index is 11.9. The van der Waals surface area contributed by atoms with E-state index in [4.69, 9.17) is 4.52 Å². The molecule has 0 aliphatic rings. The number of aryl methyl sites for hydroxylation is 2. The van der Waals surface area contributed by atoms with Crippen molar-refractivity contribution >= 4 is 22.5 Å². The van der Waals surface area contributed by atoms with Gasteiger partial charge in [0.1, 0.15) is 10.8 Å². The van der Waals surface area contributed by atoms with E-state index in [1.165, 1.54) is 11.3 Å². The van der Waals surface area contributed by atoms with Crippen molar-refractivity contribution in [2.24, 2.45) is 0 Å². The van der Waals surface area contributed by atoms with Crippen LogP contribution in [0.3, 0.4) is 0 Å². The first kappa shape index (κ1) is 15.2. The quantitative estimate of drug-likeness (QED) is 0.767. The number of nitrogens with one attached hydrogen (secondary N) is 2. The van der Waals surface area contributed by atoms with Crippen LogP contribution in [-0.4, -0.2) is 21.4 Å². The highest BCUT2D eigenvalue weighted by Gasteiger charge is 2.12. The minimum atomic E-state index is -0.347. The fraction of sp³-hybridized carbons (Fsp3) is 0.200. The van der Waals surface area contributed by atoms with Crippen LogP contribution in [0.5, 0.6) is 0 Å². The standard InChI is InChI=1S/C15H15N5O2S/c1-9-12(10(2)22-20-9)8-16-14(21)17-15-19-18-13(23-15)11-6-4-3-5-7-11/h3-7H,8H2,1-2H3,(H2,16,17,19,21). The van der Waals surface area contributed by atoms with Crippen molar-refractivity contribution in [3.05, 3.63) is 47.3 Å².